The highest BCUT2D eigenvalue weighted by molar-refractivity contribution is 7.45. The molecule has 0 aromatic heterocycles. The lowest BCUT2D eigenvalue weighted by Gasteiger charge is -2.19. The summed E-state index contributed by atoms with van der Waals surface area (Å²) in [6, 6.07) is 10.6. The van der Waals surface area contributed by atoms with E-state index in [4.69, 9.17) is 38.5 Å². The van der Waals surface area contributed by atoms with Gasteiger partial charge in [0.25, 0.3) is 0 Å². The van der Waals surface area contributed by atoms with Gasteiger partial charge in [-0.3, -0.25) is 0 Å². The fourth-order valence-corrected chi connectivity index (χ4v) is 2.10. The number of benzene rings is 2. The number of phenolic OH excluding ortho intramolecular Hbond substituents is 1. The van der Waals surface area contributed by atoms with Crippen molar-refractivity contribution in [1.29, 1.82) is 0 Å². The second kappa shape index (κ2) is 13.8. The minimum absolute atomic E-state index is 0.303. The third-order valence-electron chi connectivity index (χ3n) is 4.18. The van der Waals surface area contributed by atoms with Gasteiger partial charge >= 0.3 is 15.6 Å². The number of phenols is 1. The van der Waals surface area contributed by atoms with E-state index in [0.717, 1.165) is 11.1 Å². The molecule has 0 aliphatic heterocycles. The lowest BCUT2D eigenvalue weighted by Crippen LogP contribution is -2.23. The summed E-state index contributed by atoms with van der Waals surface area (Å²) in [6.07, 6.45) is 0.303. The van der Waals surface area contributed by atoms with Crippen molar-refractivity contribution in [3.05, 3.63) is 64.2 Å². The van der Waals surface area contributed by atoms with Crippen LogP contribution in [0.15, 0.2) is 36.4 Å². The van der Waals surface area contributed by atoms with E-state index in [1.165, 1.54) is 11.1 Å². The Hall–Kier alpha value is -1.62. The van der Waals surface area contributed by atoms with Crippen molar-refractivity contribution in [2.75, 3.05) is 0 Å². The largest absolute Gasteiger partial charge is 0.508 e. The van der Waals surface area contributed by atoms with Gasteiger partial charge in [-0.2, -0.15) is 0 Å². The fourth-order valence-electron chi connectivity index (χ4n) is 2.10. The van der Waals surface area contributed by atoms with Crippen LogP contribution in [0.3, 0.4) is 0 Å². The summed E-state index contributed by atoms with van der Waals surface area (Å²) in [6.45, 7) is 9.81. The van der Waals surface area contributed by atoms with Crippen LogP contribution in [0.5, 0.6) is 5.75 Å². The molecule has 2 aromatic carbocycles. The zero-order valence-corrected chi connectivity index (χ0v) is 20.2. The molecular weight excluding hydrogens is 466 g/mol. The Labute approximate surface area is 186 Å². The highest BCUT2D eigenvalue weighted by Crippen LogP contribution is 2.26. The van der Waals surface area contributed by atoms with Crippen LogP contribution < -0.4 is 0 Å². The third-order valence-corrected chi connectivity index (χ3v) is 4.18. The highest BCUT2D eigenvalue weighted by Gasteiger charge is 2.21. The van der Waals surface area contributed by atoms with Gasteiger partial charge in [0.05, 0.1) is 0 Å². The summed E-state index contributed by atoms with van der Waals surface area (Å²) in [5, 5.41) is 28.1. The summed E-state index contributed by atoms with van der Waals surface area (Å²) in [5.41, 5.74) is 5.17. The average molecular weight is 498 g/mol. The molecule has 0 aliphatic rings. The monoisotopic (exact) mass is 498 g/mol. The Morgan fingerprint density at radius 2 is 1.12 bits per heavy atom. The first-order valence-corrected chi connectivity index (χ1v) is 12.2. The molecule has 184 valence electrons. The van der Waals surface area contributed by atoms with Crippen LogP contribution in [0.4, 0.5) is 0 Å². The number of phosphoric acid groups is 2. The lowest BCUT2D eigenvalue weighted by atomic mass is 9.99. The maximum absolute atomic E-state index is 9.41. The van der Waals surface area contributed by atoms with Gasteiger partial charge < -0.3 is 44.7 Å². The van der Waals surface area contributed by atoms with Crippen molar-refractivity contribution in [3.63, 3.8) is 0 Å². The minimum Gasteiger partial charge on any atom is -0.508 e. The maximum atomic E-state index is 9.41. The molecule has 0 bridgehead atoms. The molecule has 0 spiro atoms. The first kappa shape index (κ1) is 32.6. The topological polar surface area (TPSA) is 216 Å². The average Bonchev–Trinajstić information content (AvgIpc) is 2.63. The molecular formula is C19H32O11P2. The summed E-state index contributed by atoms with van der Waals surface area (Å²) < 4.78 is 17.8. The number of aromatic hydroxyl groups is 1. The molecule has 32 heavy (non-hydrogen) atoms. The van der Waals surface area contributed by atoms with Crippen LogP contribution in [0.1, 0.15) is 41.2 Å². The van der Waals surface area contributed by atoms with E-state index >= 15 is 0 Å². The zero-order valence-electron chi connectivity index (χ0n) is 18.4. The Bertz CT molecular complexity index is 856. The third kappa shape index (κ3) is 17.0. The summed E-state index contributed by atoms with van der Waals surface area (Å²) in [5.74, 6) is -1.26. The minimum atomic E-state index is -4.64. The highest BCUT2D eigenvalue weighted by atomic mass is 31.2. The number of hydrogen-bond acceptors (Lipinski definition) is 5. The molecule has 0 heterocycles. The quantitative estimate of drug-likeness (QED) is 0.215. The zero-order chi connectivity index (χ0) is 25.9. The smallest absolute Gasteiger partial charge is 0.466 e. The van der Waals surface area contributed by atoms with Crippen LogP contribution in [-0.2, 0) is 14.9 Å². The molecule has 11 nitrogen and oxygen atoms in total. The van der Waals surface area contributed by atoms with Gasteiger partial charge in [0.1, 0.15) is 5.75 Å². The molecule has 0 saturated carbocycles. The molecule has 0 atom stereocenters. The standard InChI is InChI=1S/C10H14O.C9H12O2.2H3O4P/c1-6-5-10(11)9(4)8(3)7(6)2;1-2-9(10,11)8-6-4-3-5-7-8;2*1-5(2,3)4/h5,11H,1-4H3;3-7,10-11H,2H2,1H3;2*(H3,1,2,3,4). The Kier molecular flexibility index (Phi) is 14.1. The molecule has 0 fully saturated rings. The van der Waals surface area contributed by atoms with E-state index in [-0.39, 0.29) is 0 Å². The number of rotatable bonds is 2. The van der Waals surface area contributed by atoms with Crippen molar-refractivity contribution < 1.29 is 53.8 Å². The van der Waals surface area contributed by atoms with Gasteiger partial charge in [0.2, 0.25) is 0 Å². The van der Waals surface area contributed by atoms with Gasteiger partial charge in [0.15, 0.2) is 5.79 Å². The van der Waals surface area contributed by atoms with Gasteiger partial charge in [-0.1, -0.05) is 37.3 Å². The molecule has 0 saturated heterocycles. The van der Waals surface area contributed by atoms with Gasteiger partial charge in [-0.05, 0) is 56.0 Å². The Morgan fingerprint density at radius 3 is 1.47 bits per heavy atom. The molecule has 2 rings (SSSR count). The van der Waals surface area contributed by atoms with E-state index in [9.17, 15) is 15.3 Å². The van der Waals surface area contributed by atoms with Crippen molar-refractivity contribution in [3.8, 4) is 5.75 Å². The second-order valence-electron chi connectivity index (χ2n) is 6.65. The van der Waals surface area contributed by atoms with Crippen molar-refractivity contribution in [2.45, 2.75) is 46.8 Å². The molecule has 0 aliphatic carbocycles. The molecule has 13 heteroatoms. The first-order valence-electron chi connectivity index (χ1n) is 9.03. The molecule has 2 aromatic rings. The predicted molar refractivity (Wildman–Crippen MR) is 118 cm³/mol. The van der Waals surface area contributed by atoms with Crippen LogP contribution in [0.25, 0.3) is 0 Å². The predicted octanol–water partition coefficient (Wildman–Crippen LogP) is 2.00. The van der Waals surface area contributed by atoms with E-state index in [0.29, 0.717) is 17.7 Å². The van der Waals surface area contributed by atoms with Crippen LogP contribution >= 0.6 is 15.6 Å². The molecule has 9 N–H and O–H groups in total. The van der Waals surface area contributed by atoms with E-state index in [1.807, 2.05) is 32.9 Å². The summed E-state index contributed by atoms with van der Waals surface area (Å²) in [4.78, 5) is 43.1. The number of aryl methyl sites for hydroxylation is 1. The van der Waals surface area contributed by atoms with Gasteiger partial charge in [-0.15, -0.1) is 0 Å². The normalized spacial score (nSPS) is 11.2. The van der Waals surface area contributed by atoms with Crippen molar-refractivity contribution in [2.24, 2.45) is 0 Å². The molecule has 0 amide bonds. The maximum Gasteiger partial charge on any atom is 0.466 e. The number of aliphatic hydroxyl groups is 2. The van der Waals surface area contributed by atoms with Gasteiger partial charge in [-0.25, -0.2) is 9.13 Å². The second-order valence-corrected chi connectivity index (χ2v) is 8.70. The van der Waals surface area contributed by atoms with Gasteiger partial charge in [0, 0.05) is 12.0 Å². The van der Waals surface area contributed by atoms with E-state index < -0.39 is 21.4 Å². The van der Waals surface area contributed by atoms with Crippen LogP contribution in [-0.4, -0.2) is 44.7 Å². The van der Waals surface area contributed by atoms with Crippen LogP contribution in [0.2, 0.25) is 0 Å². The Morgan fingerprint density at radius 1 is 0.750 bits per heavy atom. The summed E-state index contributed by atoms with van der Waals surface area (Å²) in [7, 11) is -9.28. The number of hydrogen-bond donors (Lipinski definition) is 9. The van der Waals surface area contributed by atoms with E-state index in [1.54, 1.807) is 31.2 Å². The Balaban J connectivity index is 0. The SMILES string of the molecule is CCC(O)(O)c1ccccc1.Cc1cc(O)c(C)c(C)c1C.O=P(O)(O)O.O=P(O)(O)O. The van der Waals surface area contributed by atoms with Crippen LogP contribution in [0, 0.1) is 27.7 Å². The van der Waals surface area contributed by atoms with Crippen molar-refractivity contribution in [1.82, 2.24) is 0 Å². The lowest BCUT2D eigenvalue weighted by molar-refractivity contribution is -0.171. The summed E-state index contributed by atoms with van der Waals surface area (Å²) >= 11 is 0. The fraction of sp³-hybridized carbons (Fsp3) is 0.368. The molecule has 0 radical (unpaired) electrons. The molecule has 0 unspecified atom stereocenters. The first-order chi connectivity index (χ1) is 14.2. The van der Waals surface area contributed by atoms with E-state index in [2.05, 4.69) is 6.92 Å². The van der Waals surface area contributed by atoms with Crippen molar-refractivity contribution >= 4 is 15.6 Å².